The van der Waals surface area contributed by atoms with Crippen molar-refractivity contribution in [2.24, 2.45) is 0 Å². The van der Waals surface area contributed by atoms with Crippen LogP contribution in [0.4, 0.5) is 0 Å². The van der Waals surface area contributed by atoms with Gasteiger partial charge in [-0.25, -0.2) is 0 Å². The van der Waals surface area contributed by atoms with Crippen molar-refractivity contribution in [3.63, 3.8) is 0 Å². The van der Waals surface area contributed by atoms with Gasteiger partial charge in [0.05, 0.1) is 5.41 Å². The fourth-order valence-electron chi connectivity index (χ4n) is 9.74. The molecule has 50 heavy (non-hydrogen) atoms. The highest BCUT2D eigenvalue weighted by Crippen LogP contribution is 2.65. The van der Waals surface area contributed by atoms with Gasteiger partial charge in [-0.05, 0) is 79.4 Å². The first-order valence-corrected chi connectivity index (χ1v) is 17.5. The molecule has 0 bridgehead atoms. The Morgan fingerprint density at radius 2 is 0.940 bits per heavy atom. The van der Waals surface area contributed by atoms with E-state index in [0.29, 0.717) is 0 Å². The molecule has 0 amide bonds. The van der Waals surface area contributed by atoms with Gasteiger partial charge in [0, 0.05) is 22.1 Å². The zero-order valence-corrected chi connectivity index (χ0v) is 27.7. The van der Waals surface area contributed by atoms with Crippen LogP contribution in [0.25, 0.3) is 44.2 Å². The lowest BCUT2D eigenvalue weighted by Crippen LogP contribution is -2.29. The second kappa shape index (κ2) is 9.94. The van der Waals surface area contributed by atoms with Gasteiger partial charge in [-0.1, -0.05) is 170 Å². The number of hydrogen-bond donors (Lipinski definition) is 0. The third kappa shape index (κ3) is 3.32. The predicted octanol–water partition coefficient (Wildman–Crippen LogP) is 12.3. The maximum absolute atomic E-state index is 7.01. The highest BCUT2D eigenvalue weighted by Gasteiger charge is 2.52. The standard InChI is InChI=1S/C49H32O/c1-48(32-16-3-2-4-17-32)40-25-11-12-28-44(40)50-47-35(22-14-27-43(47)48)34-21-13-26-41-46(34)37-20-8-10-24-39(37)49(41)38-23-9-7-19-36(38)45-33-18-6-5-15-31(33)29-30-42(45)49/h2-30H,1H3. The van der Waals surface area contributed by atoms with Crippen LogP contribution in [0.2, 0.25) is 0 Å². The summed E-state index contributed by atoms with van der Waals surface area (Å²) in [5, 5.41) is 2.58. The van der Waals surface area contributed by atoms with Crippen LogP contribution in [0.5, 0.6) is 11.5 Å². The van der Waals surface area contributed by atoms with Crippen LogP contribution in [0.15, 0.2) is 176 Å². The lowest BCUT2D eigenvalue weighted by Gasteiger charge is -2.39. The lowest BCUT2D eigenvalue weighted by molar-refractivity contribution is 0.429. The molecule has 234 valence electrons. The predicted molar refractivity (Wildman–Crippen MR) is 204 cm³/mol. The summed E-state index contributed by atoms with van der Waals surface area (Å²) >= 11 is 0. The summed E-state index contributed by atoms with van der Waals surface area (Å²) in [4.78, 5) is 0. The fraction of sp³-hybridized carbons (Fsp3) is 0.0612. The number of para-hydroxylation sites is 2. The van der Waals surface area contributed by atoms with E-state index in [-0.39, 0.29) is 5.41 Å². The van der Waals surface area contributed by atoms with Crippen molar-refractivity contribution in [3.05, 3.63) is 215 Å². The molecule has 0 radical (unpaired) electrons. The Labute approximate surface area is 292 Å². The first-order chi connectivity index (χ1) is 24.7. The molecule has 8 aromatic rings. The van der Waals surface area contributed by atoms with Gasteiger partial charge in [0.1, 0.15) is 11.5 Å². The van der Waals surface area contributed by atoms with Gasteiger partial charge < -0.3 is 4.74 Å². The van der Waals surface area contributed by atoms with E-state index in [9.17, 15) is 0 Å². The van der Waals surface area contributed by atoms with Crippen molar-refractivity contribution in [3.8, 4) is 44.9 Å². The summed E-state index contributed by atoms with van der Waals surface area (Å²) in [6.07, 6.45) is 0. The first-order valence-electron chi connectivity index (χ1n) is 17.5. The zero-order chi connectivity index (χ0) is 33.0. The van der Waals surface area contributed by atoms with Crippen molar-refractivity contribution in [1.29, 1.82) is 0 Å². The molecule has 2 atom stereocenters. The van der Waals surface area contributed by atoms with Crippen molar-refractivity contribution in [2.45, 2.75) is 17.8 Å². The van der Waals surface area contributed by atoms with E-state index in [1.807, 2.05) is 0 Å². The van der Waals surface area contributed by atoms with E-state index < -0.39 is 5.41 Å². The van der Waals surface area contributed by atoms with Crippen molar-refractivity contribution in [1.82, 2.24) is 0 Å². The maximum atomic E-state index is 7.01. The highest BCUT2D eigenvalue weighted by atomic mass is 16.5. The molecule has 2 unspecified atom stereocenters. The molecule has 11 rings (SSSR count). The van der Waals surface area contributed by atoms with E-state index in [0.717, 1.165) is 17.1 Å². The topological polar surface area (TPSA) is 9.23 Å². The number of ether oxygens (including phenoxy) is 1. The summed E-state index contributed by atoms with van der Waals surface area (Å²) in [6, 6.07) is 64.8. The molecule has 1 aliphatic heterocycles. The second-order valence-corrected chi connectivity index (χ2v) is 14.1. The van der Waals surface area contributed by atoms with Crippen LogP contribution in [0, 0.1) is 0 Å². The molecule has 1 spiro atoms. The molecule has 0 aromatic heterocycles. The van der Waals surface area contributed by atoms with Gasteiger partial charge >= 0.3 is 0 Å². The van der Waals surface area contributed by atoms with Crippen molar-refractivity contribution < 1.29 is 4.74 Å². The Bertz CT molecular complexity index is 2700. The van der Waals surface area contributed by atoms with E-state index in [2.05, 4.69) is 183 Å². The molecule has 1 nitrogen and oxygen atoms in total. The van der Waals surface area contributed by atoms with Gasteiger partial charge in [0.15, 0.2) is 0 Å². The van der Waals surface area contributed by atoms with Gasteiger partial charge in [-0.3, -0.25) is 0 Å². The summed E-state index contributed by atoms with van der Waals surface area (Å²) in [5.41, 5.74) is 15.8. The molecular weight excluding hydrogens is 605 g/mol. The average molecular weight is 637 g/mol. The summed E-state index contributed by atoms with van der Waals surface area (Å²) in [6.45, 7) is 2.35. The number of fused-ring (bicyclic) bond motifs is 14. The maximum Gasteiger partial charge on any atom is 0.139 e. The smallest absolute Gasteiger partial charge is 0.139 e. The monoisotopic (exact) mass is 636 g/mol. The Balaban J connectivity index is 1.23. The van der Waals surface area contributed by atoms with Crippen molar-refractivity contribution >= 4 is 10.8 Å². The normalized spacial score (nSPS) is 18.8. The minimum absolute atomic E-state index is 0.386. The molecule has 2 aliphatic carbocycles. The van der Waals surface area contributed by atoms with E-state index in [1.54, 1.807) is 0 Å². The minimum atomic E-state index is -0.432. The number of rotatable bonds is 2. The Morgan fingerprint density at radius 1 is 0.380 bits per heavy atom. The number of hydrogen-bond acceptors (Lipinski definition) is 1. The molecule has 1 heteroatoms. The molecule has 0 fully saturated rings. The molecule has 0 saturated heterocycles. The van der Waals surface area contributed by atoms with E-state index >= 15 is 0 Å². The van der Waals surface area contributed by atoms with Crippen LogP contribution in [0.1, 0.15) is 45.9 Å². The van der Waals surface area contributed by atoms with E-state index in [4.69, 9.17) is 4.74 Å². The molecule has 0 N–H and O–H groups in total. The summed E-state index contributed by atoms with van der Waals surface area (Å²) < 4.78 is 7.01. The van der Waals surface area contributed by atoms with Gasteiger partial charge in [-0.15, -0.1) is 0 Å². The average Bonchev–Trinajstić information content (AvgIpc) is 3.66. The molecule has 0 saturated carbocycles. The largest absolute Gasteiger partial charge is 0.456 e. The Hall–Kier alpha value is -6.18. The van der Waals surface area contributed by atoms with Crippen LogP contribution < -0.4 is 4.74 Å². The van der Waals surface area contributed by atoms with Crippen LogP contribution in [-0.2, 0) is 10.8 Å². The molecule has 1 heterocycles. The van der Waals surface area contributed by atoms with Crippen LogP contribution in [0.3, 0.4) is 0 Å². The third-order valence-corrected chi connectivity index (χ3v) is 11.8. The lowest BCUT2D eigenvalue weighted by atomic mass is 9.68. The first kappa shape index (κ1) is 27.7. The SMILES string of the molecule is CC1(c2ccccc2)c2ccccc2Oc2c(-c3cccc4c3-c3ccccc3C43c4ccccc4-c4c3ccc3ccccc43)cccc21. The van der Waals surface area contributed by atoms with Gasteiger partial charge in [-0.2, -0.15) is 0 Å². The second-order valence-electron chi connectivity index (χ2n) is 14.1. The van der Waals surface area contributed by atoms with Crippen LogP contribution >= 0.6 is 0 Å². The van der Waals surface area contributed by atoms with Crippen LogP contribution in [-0.4, -0.2) is 0 Å². The number of benzene rings is 8. The summed E-state index contributed by atoms with van der Waals surface area (Å²) in [7, 11) is 0. The Morgan fingerprint density at radius 3 is 1.74 bits per heavy atom. The third-order valence-electron chi connectivity index (χ3n) is 11.8. The summed E-state index contributed by atoms with van der Waals surface area (Å²) in [5.74, 6) is 1.84. The Kier molecular flexibility index (Phi) is 5.51. The highest BCUT2D eigenvalue weighted by molar-refractivity contribution is 6.07. The van der Waals surface area contributed by atoms with E-state index in [1.165, 1.54) is 77.5 Å². The zero-order valence-electron chi connectivity index (χ0n) is 27.7. The molecule has 3 aliphatic rings. The van der Waals surface area contributed by atoms with Crippen molar-refractivity contribution in [2.75, 3.05) is 0 Å². The fourth-order valence-corrected chi connectivity index (χ4v) is 9.74. The molecular formula is C49H32O. The quantitative estimate of drug-likeness (QED) is 0.183. The van der Waals surface area contributed by atoms with Gasteiger partial charge in [0.25, 0.3) is 0 Å². The minimum Gasteiger partial charge on any atom is -0.456 e. The van der Waals surface area contributed by atoms with Gasteiger partial charge in [0.2, 0.25) is 0 Å². The molecule has 8 aromatic carbocycles.